The van der Waals surface area contributed by atoms with Crippen LogP contribution >= 0.6 is 24.8 Å². The minimum absolute atomic E-state index is 0. The van der Waals surface area contributed by atoms with E-state index >= 15 is 0 Å². The van der Waals surface area contributed by atoms with Crippen LogP contribution in [0.5, 0.6) is 0 Å². The molecule has 0 aromatic carbocycles. The second-order valence-electron chi connectivity index (χ2n) is 5.08. The fourth-order valence-electron chi connectivity index (χ4n) is 2.14. The number of aromatic amines is 2. The van der Waals surface area contributed by atoms with Gasteiger partial charge in [0.1, 0.15) is 5.65 Å². The lowest BCUT2D eigenvalue weighted by molar-refractivity contribution is 0.0935. The number of amides is 1. The number of hydrogen-bond donors (Lipinski definition) is 4. The zero-order valence-corrected chi connectivity index (χ0v) is 14.8. The topological polar surface area (TPSA) is 134 Å². The van der Waals surface area contributed by atoms with Crippen LogP contribution in [0.25, 0.3) is 11.0 Å². The molecule has 2 aromatic heterocycles. The summed E-state index contributed by atoms with van der Waals surface area (Å²) in [5, 5.41) is 2.98. The highest BCUT2D eigenvalue weighted by Crippen LogP contribution is 2.07. The summed E-state index contributed by atoms with van der Waals surface area (Å²) in [6.45, 7) is 2.41. The summed E-state index contributed by atoms with van der Waals surface area (Å²) in [7, 11) is 0. The van der Waals surface area contributed by atoms with Crippen LogP contribution in [-0.4, -0.2) is 33.4 Å². The maximum atomic E-state index is 12.2. The molecule has 0 aliphatic carbocycles. The zero-order valence-electron chi connectivity index (χ0n) is 13.1. The van der Waals surface area contributed by atoms with Gasteiger partial charge in [0.15, 0.2) is 0 Å². The second kappa shape index (κ2) is 10.1. The van der Waals surface area contributed by atoms with Crippen LogP contribution in [0.3, 0.4) is 0 Å². The molecule has 134 valence electrons. The van der Waals surface area contributed by atoms with Gasteiger partial charge in [0.25, 0.3) is 11.5 Å². The van der Waals surface area contributed by atoms with E-state index in [-0.39, 0.29) is 53.4 Å². The molecule has 1 unspecified atom stereocenters. The normalized spacial score (nSPS) is 11.2. The summed E-state index contributed by atoms with van der Waals surface area (Å²) >= 11 is 0. The fourth-order valence-corrected chi connectivity index (χ4v) is 2.14. The summed E-state index contributed by atoms with van der Waals surface area (Å²) in [5.74, 6) is -0.341. The number of fused-ring (bicyclic) bond motifs is 1. The lowest BCUT2D eigenvalue weighted by Crippen LogP contribution is -2.40. The van der Waals surface area contributed by atoms with Crippen molar-refractivity contribution in [1.82, 2.24) is 20.3 Å². The number of aromatic nitrogens is 3. The molecule has 5 N–H and O–H groups in total. The van der Waals surface area contributed by atoms with Crippen molar-refractivity contribution >= 4 is 41.8 Å². The third kappa shape index (κ3) is 5.33. The fraction of sp³-hybridized carbons (Fsp3) is 0.429. The van der Waals surface area contributed by atoms with Crippen molar-refractivity contribution < 1.29 is 4.79 Å². The van der Waals surface area contributed by atoms with Crippen LogP contribution in [0.4, 0.5) is 0 Å². The Morgan fingerprint density at radius 3 is 2.67 bits per heavy atom. The number of halogens is 2. The van der Waals surface area contributed by atoms with Crippen molar-refractivity contribution in [3.8, 4) is 0 Å². The molecule has 1 atom stereocenters. The molecule has 2 aromatic rings. The smallest absolute Gasteiger partial charge is 0.327 e. The van der Waals surface area contributed by atoms with Gasteiger partial charge in [-0.25, -0.2) is 9.78 Å². The van der Waals surface area contributed by atoms with Crippen LogP contribution in [0.1, 0.15) is 36.5 Å². The first-order valence-corrected chi connectivity index (χ1v) is 7.18. The lowest BCUT2D eigenvalue weighted by Gasteiger charge is -2.16. The van der Waals surface area contributed by atoms with Gasteiger partial charge >= 0.3 is 5.69 Å². The van der Waals surface area contributed by atoms with Crippen molar-refractivity contribution in [1.29, 1.82) is 0 Å². The highest BCUT2D eigenvalue weighted by Gasteiger charge is 2.14. The summed E-state index contributed by atoms with van der Waals surface area (Å²) in [5.41, 5.74) is 4.83. The van der Waals surface area contributed by atoms with Gasteiger partial charge in [-0.2, -0.15) is 0 Å². The van der Waals surface area contributed by atoms with Gasteiger partial charge < -0.3 is 11.1 Å². The van der Waals surface area contributed by atoms with E-state index in [0.717, 1.165) is 19.3 Å². The molecule has 0 saturated carbocycles. The van der Waals surface area contributed by atoms with E-state index in [1.54, 1.807) is 0 Å². The average Bonchev–Trinajstić information content (AvgIpc) is 2.50. The average molecular weight is 378 g/mol. The molecule has 2 rings (SSSR count). The Balaban J connectivity index is 0.00000264. The van der Waals surface area contributed by atoms with Gasteiger partial charge in [-0.05, 0) is 12.5 Å². The summed E-state index contributed by atoms with van der Waals surface area (Å²) in [4.78, 5) is 43.6. The number of carbonyl (C=O) groups is 1. The molecule has 0 saturated heterocycles. The standard InChI is InChI=1S/C14H19N5O3.2ClH/c1-2-3-4-9(6-15)17-12(20)8-5-10-11(16-7-8)18-14(22)19-13(10)21;;/h5,7,9H,2-4,6,15H2,1H3,(H,17,20)(H2,16,18,19,21,22);2*1H. The lowest BCUT2D eigenvalue weighted by atomic mass is 10.1. The molecule has 0 aliphatic heterocycles. The molecule has 10 heteroatoms. The number of carbonyl (C=O) groups excluding carboxylic acids is 1. The summed E-state index contributed by atoms with van der Waals surface area (Å²) in [6, 6.07) is 1.29. The van der Waals surface area contributed by atoms with Crippen molar-refractivity contribution in [2.75, 3.05) is 6.54 Å². The molecule has 0 radical (unpaired) electrons. The first kappa shape index (κ1) is 22.1. The van der Waals surface area contributed by atoms with Gasteiger partial charge in [0.2, 0.25) is 0 Å². The SMILES string of the molecule is CCCCC(CN)NC(=O)c1cnc2[nH]c(=O)[nH]c(=O)c2c1.Cl.Cl. The molecular weight excluding hydrogens is 357 g/mol. The number of nitrogens with zero attached hydrogens (tertiary/aromatic N) is 1. The molecule has 24 heavy (non-hydrogen) atoms. The molecule has 2 heterocycles. The summed E-state index contributed by atoms with van der Waals surface area (Å²) < 4.78 is 0. The van der Waals surface area contributed by atoms with Crippen LogP contribution in [0.2, 0.25) is 0 Å². The molecule has 1 amide bonds. The van der Waals surface area contributed by atoms with Crippen LogP contribution in [0.15, 0.2) is 21.9 Å². The number of nitrogens with one attached hydrogen (secondary N) is 3. The second-order valence-corrected chi connectivity index (χ2v) is 5.08. The van der Waals surface area contributed by atoms with Crippen molar-refractivity contribution in [2.24, 2.45) is 5.73 Å². The molecule has 0 spiro atoms. The Morgan fingerprint density at radius 2 is 2.04 bits per heavy atom. The highest BCUT2D eigenvalue weighted by molar-refractivity contribution is 5.96. The van der Waals surface area contributed by atoms with E-state index in [0.29, 0.717) is 6.54 Å². The van der Waals surface area contributed by atoms with E-state index in [2.05, 4.69) is 27.2 Å². The van der Waals surface area contributed by atoms with Gasteiger partial charge in [-0.3, -0.25) is 19.6 Å². The predicted molar refractivity (Wildman–Crippen MR) is 97.3 cm³/mol. The third-order valence-corrected chi connectivity index (χ3v) is 3.38. The van der Waals surface area contributed by atoms with E-state index in [4.69, 9.17) is 5.73 Å². The van der Waals surface area contributed by atoms with E-state index in [9.17, 15) is 14.4 Å². The molecular formula is C14H21Cl2N5O3. The van der Waals surface area contributed by atoms with Crippen molar-refractivity contribution in [2.45, 2.75) is 32.2 Å². The van der Waals surface area contributed by atoms with Crippen LogP contribution < -0.4 is 22.3 Å². The Morgan fingerprint density at radius 1 is 1.33 bits per heavy atom. The number of nitrogens with two attached hydrogens (primary N) is 1. The number of unbranched alkanes of at least 4 members (excludes halogenated alkanes) is 1. The minimum atomic E-state index is -0.634. The Hall–Kier alpha value is -1.90. The van der Waals surface area contributed by atoms with E-state index in [1.165, 1.54) is 12.3 Å². The predicted octanol–water partition coefficient (Wildman–Crippen LogP) is 0.702. The van der Waals surface area contributed by atoms with E-state index in [1.807, 2.05) is 0 Å². The number of hydrogen-bond acceptors (Lipinski definition) is 5. The first-order valence-electron chi connectivity index (χ1n) is 7.18. The Labute approximate surface area is 150 Å². The molecule has 0 bridgehead atoms. The number of H-pyrrole nitrogens is 2. The van der Waals surface area contributed by atoms with Gasteiger partial charge in [0, 0.05) is 18.8 Å². The van der Waals surface area contributed by atoms with Crippen LogP contribution in [-0.2, 0) is 0 Å². The van der Waals surface area contributed by atoms with Gasteiger partial charge in [0.05, 0.1) is 10.9 Å². The Kier molecular flexibility index (Phi) is 9.27. The molecule has 0 aliphatic rings. The highest BCUT2D eigenvalue weighted by atomic mass is 35.5. The number of pyridine rings is 1. The maximum absolute atomic E-state index is 12.2. The largest absolute Gasteiger partial charge is 0.348 e. The first-order chi connectivity index (χ1) is 10.5. The minimum Gasteiger partial charge on any atom is -0.348 e. The third-order valence-electron chi connectivity index (χ3n) is 3.38. The summed E-state index contributed by atoms with van der Waals surface area (Å²) in [6.07, 6.45) is 4.11. The maximum Gasteiger partial charge on any atom is 0.327 e. The Bertz CT molecular complexity index is 790. The van der Waals surface area contributed by atoms with Gasteiger partial charge in [-0.1, -0.05) is 19.8 Å². The monoisotopic (exact) mass is 377 g/mol. The van der Waals surface area contributed by atoms with Crippen LogP contribution in [0, 0.1) is 0 Å². The van der Waals surface area contributed by atoms with Gasteiger partial charge in [-0.15, -0.1) is 24.8 Å². The molecule has 0 fully saturated rings. The quantitative estimate of drug-likeness (QED) is 0.587. The van der Waals surface area contributed by atoms with Crippen molar-refractivity contribution in [3.05, 3.63) is 38.7 Å². The van der Waals surface area contributed by atoms with E-state index < -0.39 is 11.2 Å². The van der Waals surface area contributed by atoms with Crippen molar-refractivity contribution in [3.63, 3.8) is 0 Å². The number of rotatable bonds is 6. The molecule has 8 nitrogen and oxygen atoms in total. The zero-order chi connectivity index (χ0) is 16.1.